The number of Topliss-reactive ketones (excluding diaryl/α,β-unsaturated/α-hetero) is 1. The molecule has 2 atom stereocenters. The Balaban J connectivity index is 1.43. The molecule has 194 valence electrons. The highest BCUT2D eigenvalue weighted by Crippen LogP contribution is 2.28. The molecule has 2 fully saturated rings. The topological polar surface area (TPSA) is 139 Å². The average molecular weight is 517 g/mol. The number of nitrogens with zero attached hydrogens (tertiary/aromatic N) is 2. The van der Waals surface area contributed by atoms with Crippen LogP contribution in [0.4, 0.5) is 0 Å². The Morgan fingerprint density at radius 1 is 1.11 bits per heavy atom. The number of carbonyl (C=O) groups is 3. The fraction of sp³-hybridized carbons (Fsp3) is 0.520. The summed E-state index contributed by atoms with van der Waals surface area (Å²) in [5.41, 5.74) is 0.317. The summed E-state index contributed by atoms with van der Waals surface area (Å²) >= 11 is 0. The molecule has 10 nitrogen and oxygen atoms in total. The highest BCUT2D eigenvalue weighted by atomic mass is 32.2. The second-order valence-corrected chi connectivity index (χ2v) is 11.3. The second-order valence-electron chi connectivity index (χ2n) is 9.45. The van der Waals surface area contributed by atoms with E-state index in [0.717, 1.165) is 30.0 Å². The van der Waals surface area contributed by atoms with Gasteiger partial charge in [0.2, 0.25) is 5.91 Å². The number of aromatic nitrogens is 1. The predicted octanol–water partition coefficient (Wildman–Crippen LogP) is 2.28. The number of ketones is 1. The van der Waals surface area contributed by atoms with E-state index in [2.05, 4.69) is 15.6 Å². The molecule has 0 aromatic carbocycles. The van der Waals surface area contributed by atoms with Gasteiger partial charge in [0.15, 0.2) is 10.8 Å². The number of nitrogens with one attached hydrogen (secondary N) is 2. The fourth-order valence-corrected chi connectivity index (χ4v) is 6.26. The van der Waals surface area contributed by atoms with Gasteiger partial charge in [-0.2, -0.15) is 4.31 Å². The molecule has 1 saturated heterocycles. The SMILES string of the molecule is O=C(NC(CC1CCCCC1)C(=O)N[C@H]1CCCN(S(=O)(=O)c2ccccn2)CC1=O)c1ccoc1. The van der Waals surface area contributed by atoms with Gasteiger partial charge >= 0.3 is 0 Å². The summed E-state index contributed by atoms with van der Waals surface area (Å²) in [6, 6.07) is 4.47. The first-order chi connectivity index (χ1) is 17.3. The van der Waals surface area contributed by atoms with Gasteiger partial charge in [-0.3, -0.25) is 14.4 Å². The number of amides is 2. The van der Waals surface area contributed by atoms with E-state index in [1.165, 1.54) is 37.3 Å². The molecule has 1 saturated carbocycles. The molecular formula is C25H32N4O6S. The van der Waals surface area contributed by atoms with Gasteiger partial charge in [0.25, 0.3) is 15.9 Å². The quantitative estimate of drug-likeness (QED) is 0.549. The van der Waals surface area contributed by atoms with Crippen LogP contribution in [0.3, 0.4) is 0 Å². The lowest BCUT2D eigenvalue weighted by molar-refractivity contribution is -0.129. The minimum Gasteiger partial charge on any atom is -0.472 e. The molecule has 0 bridgehead atoms. The summed E-state index contributed by atoms with van der Waals surface area (Å²) in [5.74, 6) is -0.933. The van der Waals surface area contributed by atoms with Gasteiger partial charge < -0.3 is 15.1 Å². The van der Waals surface area contributed by atoms with Crippen molar-refractivity contribution < 1.29 is 27.2 Å². The summed E-state index contributed by atoms with van der Waals surface area (Å²) in [4.78, 5) is 42.9. The van der Waals surface area contributed by atoms with E-state index in [4.69, 9.17) is 4.42 Å². The summed E-state index contributed by atoms with van der Waals surface area (Å²) in [7, 11) is -3.92. The zero-order valence-corrected chi connectivity index (χ0v) is 20.9. The molecule has 1 aliphatic carbocycles. The minimum absolute atomic E-state index is 0.116. The van der Waals surface area contributed by atoms with Crippen molar-refractivity contribution in [2.24, 2.45) is 5.92 Å². The van der Waals surface area contributed by atoms with Crippen molar-refractivity contribution in [1.82, 2.24) is 19.9 Å². The van der Waals surface area contributed by atoms with Crippen molar-refractivity contribution in [2.75, 3.05) is 13.1 Å². The van der Waals surface area contributed by atoms with Crippen molar-refractivity contribution in [3.63, 3.8) is 0 Å². The molecule has 2 aromatic rings. The standard InChI is InChI=1S/C25H32N4O6S/c30-22-16-29(36(33,34)23-10-4-5-12-26-23)13-6-9-20(22)27-25(32)21(15-18-7-2-1-3-8-18)28-24(31)19-11-14-35-17-19/h4-5,10-12,14,17-18,20-21H,1-3,6-9,13,15-16H2,(H,27,32)(H,28,31)/t20-,21?/m0/s1. The predicted molar refractivity (Wildman–Crippen MR) is 130 cm³/mol. The molecule has 1 unspecified atom stereocenters. The first kappa shape index (κ1) is 26.0. The Bertz CT molecular complexity index is 1150. The first-order valence-electron chi connectivity index (χ1n) is 12.4. The number of rotatable bonds is 8. The summed E-state index contributed by atoms with van der Waals surface area (Å²) in [6.07, 6.45) is 10.6. The third kappa shape index (κ3) is 6.38. The van der Waals surface area contributed by atoms with Gasteiger partial charge in [0.1, 0.15) is 12.3 Å². The van der Waals surface area contributed by atoms with E-state index in [0.29, 0.717) is 30.7 Å². The van der Waals surface area contributed by atoms with E-state index in [1.807, 2.05) is 0 Å². The first-order valence-corrected chi connectivity index (χ1v) is 13.9. The normalized spacial score (nSPS) is 20.9. The van der Waals surface area contributed by atoms with Crippen LogP contribution in [0.25, 0.3) is 0 Å². The van der Waals surface area contributed by atoms with E-state index >= 15 is 0 Å². The van der Waals surface area contributed by atoms with Crippen LogP contribution in [0.5, 0.6) is 0 Å². The number of furan rings is 1. The van der Waals surface area contributed by atoms with Crippen LogP contribution >= 0.6 is 0 Å². The molecule has 2 aromatic heterocycles. The largest absolute Gasteiger partial charge is 0.472 e. The molecular weight excluding hydrogens is 484 g/mol. The Labute approximate surface area is 210 Å². The maximum Gasteiger partial charge on any atom is 0.260 e. The number of hydrogen-bond donors (Lipinski definition) is 2. The summed E-state index contributed by atoms with van der Waals surface area (Å²) in [5, 5.41) is 5.49. The van der Waals surface area contributed by atoms with Crippen molar-refractivity contribution >= 4 is 27.6 Å². The van der Waals surface area contributed by atoms with Crippen molar-refractivity contribution in [3.8, 4) is 0 Å². The van der Waals surface area contributed by atoms with Gasteiger partial charge in [0.05, 0.1) is 24.4 Å². The number of pyridine rings is 1. The van der Waals surface area contributed by atoms with E-state index in [9.17, 15) is 22.8 Å². The highest BCUT2D eigenvalue weighted by Gasteiger charge is 2.35. The van der Waals surface area contributed by atoms with Crippen LogP contribution < -0.4 is 10.6 Å². The molecule has 2 amide bonds. The number of hydrogen-bond acceptors (Lipinski definition) is 7. The van der Waals surface area contributed by atoms with Gasteiger partial charge in [-0.1, -0.05) is 38.2 Å². The Morgan fingerprint density at radius 2 is 1.92 bits per heavy atom. The molecule has 2 N–H and O–H groups in total. The average Bonchev–Trinajstić information content (AvgIpc) is 3.36. The van der Waals surface area contributed by atoms with Crippen LogP contribution in [-0.4, -0.2) is 60.5 Å². The van der Waals surface area contributed by atoms with Crippen molar-refractivity contribution in [1.29, 1.82) is 0 Å². The molecule has 1 aliphatic heterocycles. The molecule has 3 heterocycles. The van der Waals surface area contributed by atoms with Crippen molar-refractivity contribution in [2.45, 2.75) is 68.5 Å². The van der Waals surface area contributed by atoms with Crippen LogP contribution in [-0.2, 0) is 19.6 Å². The molecule has 36 heavy (non-hydrogen) atoms. The fourth-order valence-electron chi connectivity index (χ4n) is 4.88. The zero-order chi connectivity index (χ0) is 25.5. The second kappa shape index (κ2) is 11.8. The maximum absolute atomic E-state index is 13.3. The van der Waals surface area contributed by atoms with Gasteiger partial charge in [-0.15, -0.1) is 0 Å². The maximum atomic E-state index is 13.3. The molecule has 0 radical (unpaired) electrons. The highest BCUT2D eigenvalue weighted by molar-refractivity contribution is 7.89. The molecule has 4 rings (SSSR count). The molecule has 11 heteroatoms. The molecule has 0 spiro atoms. The smallest absolute Gasteiger partial charge is 0.260 e. The Hall–Kier alpha value is -3.05. The van der Waals surface area contributed by atoms with E-state index < -0.39 is 39.7 Å². The van der Waals surface area contributed by atoms with Crippen LogP contribution in [0.1, 0.15) is 61.7 Å². The van der Waals surface area contributed by atoms with E-state index in [-0.39, 0.29) is 18.1 Å². The zero-order valence-electron chi connectivity index (χ0n) is 20.1. The lowest BCUT2D eigenvalue weighted by Crippen LogP contribution is -2.53. The van der Waals surface area contributed by atoms with Crippen LogP contribution in [0, 0.1) is 5.92 Å². The lowest BCUT2D eigenvalue weighted by Gasteiger charge is -2.27. The monoisotopic (exact) mass is 516 g/mol. The third-order valence-corrected chi connectivity index (χ3v) is 8.64. The minimum atomic E-state index is -3.92. The Morgan fingerprint density at radius 3 is 2.61 bits per heavy atom. The van der Waals surface area contributed by atoms with Gasteiger partial charge in [0, 0.05) is 12.7 Å². The summed E-state index contributed by atoms with van der Waals surface area (Å²) in [6.45, 7) is -0.196. The van der Waals surface area contributed by atoms with E-state index in [1.54, 1.807) is 12.1 Å². The van der Waals surface area contributed by atoms with Crippen LogP contribution in [0.15, 0.2) is 52.4 Å². The van der Waals surface area contributed by atoms with Crippen molar-refractivity contribution in [3.05, 3.63) is 48.6 Å². The number of sulfonamides is 1. The Kier molecular flexibility index (Phi) is 8.52. The summed E-state index contributed by atoms with van der Waals surface area (Å²) < 4.78 is 32.0. The molecule has 2 aliphatic rings. The number of carbonyl (C=O) groups excluding carboxylic acids is 3. The van der Waals surface area contributed by atoms with Gasteiger partial charge in [-0.05, 0) is 43.4 Å². The lowest BCUT2D eigenvalue weighted by atomic mass is 9.84. The van der Waals surface area contributed by atoms with Crippen LogP contribution in [0.2, 0.25) is 0 Å². The third-order valence-electron chi connectivity index (χ3n) is 6.88. The van der Waals surface area contributed by atoms with Gasteiger partial charge in [-0.25, -0.2) is 13.4 Å².